The molecular weight excluding hydrogens is 430 g/mol. The lowest BCUT2D eigenvalue weighted by Crippen LogP contribution is -2.67. The van der Waals surface area contributed by atoms with Crippen molar-refractivity contribution < 1.29 is 9.53 Å². The van der Waals surface area contributed by atoms with Gasteiger partial charge in [0, 0.05) is 44.8 Å². The molecule has 1 amide bonds. The third-order valence-corrected chi connectivity index (χ3v) is 5.92. The Morgan fingerprint density at radius 3 is 2.97 bits per heavy atom. The summed E-state index contributed by atoms with van der Waals surface area (Å²) in [7, 11) is 1.59. The molecule has 0 spiro atoms. The lowest BCUT2D eigenvalue weighted by molar-refractivity contribution is -0.126. The van der Waals surface area contributed by atoms with Crippen LogP contribution in [0.4, 0.5) is 5.82 Å². The average molecular weight is 456 g/mol. The van der Waals surface area contributed by atoms with E-state index in [1.54, 1.807) is 36.6 Å². The molecule has 1 saturated heterocycles. The summed E-state index contributed by atoms with van der Waals surface area (Å²) in [5.41, 5.74) is 0.233. The summed E-state index contributed by atoms with van der Waals surface area (Å²) in [5, 5.41) is 6.97. The van der Waals surface area contributed by atoms with Crippen LogP contribution in [-0.2, 0) is 11.2 Å². The molecule has 2 N–H and O–H groups in total. The van der Waals surface area contributed by atoms with Crippen molar-refractivity contribution >= 4 is 23.3 Å². The van der Waals surface area contributed by atoms with Gasteiger partial charge in [-0.25, -0.2) is 9.97 Å². The van der Waals surface area contributed by atoms with Crippen molar-refractivity contribution in [1.82, 2.24) is 30.2 Å². The Balaban J connectivity index is 1.46. The minimum atomic E-state index is -0.795. The highest BCUT2D eigenvalue weighted by atomic mass is 35.5. The quantitative estimate of drug-likeness (QED) is 0.561. The lowest BCUT2D eigenvalue weighted by Gasteiger charge is -2.44. The van der Waals surface area contributed by atoms with Crippen LogP contribution >= 0.6 is 11.6 Å². The normalized spacial score (nSPS) is 18.4. The second-order valence-corrected chi connectivity index (χ2v) is 8.17. The smallest absolute Gasteiger partial charge is 0.246 e. The van der Waals surface area contributed by atoms with Gasteiger partial charge in [-0.2, -0.15) is 4.98 Å². The highest BCUT2D eigenvalue weighted by Crippen LogP contribution is 2.26. The summed E-state index contributed by atoms with van der Waals surface area (Å²) in [6, 6.07) is 7.48. The molecule has 1 aromatic carbocycles. The first-order valence-electron chi connectivity index (χ1n) is 10.4. The number of ether oxygens (including phenoxy) is 1. The number of aromatic nitrogens is 4. The molecule has 0 saturated carbocycles. The summed E-state index contributed by atoms with van der Waals surface area (Å²) < 4.78 is 6.93. The predicted octanol–water partition coefficient (Wildman–Crippen LogP) is 1.85. The maximum atomic E-state index is 13.3. The molecule has 0 aliphatic carbocycles. The average Bonchev–Trinajstić information content (AvgIpc) is 3.35. The highest BCUT2D eigenvalue weighted by molar-refractivity contribution is 6.32. The Labute approximate surface area is 191 Å². The van der Waals surface area contributed by atoms with Gasteiger partial charge in [-0.05, 0) is 37.1 Å². The monoisotopic (exact) mass is 455 g/mol. The van der Waals surface area contributed by atoms with Crippen LogP contribution in [0.15, 0.2) is 49.2 Å². The van der Waals surface area contributed by atoms with E-state index in [2.05, 4.69) is 25.6 Å². The molecule has 32 heavy (non-hydrogen) atoms. The Morgan fingerprint density at radius 1 is 1.34 bits per heavy atom. The van der Waals surface area contributed by atoms with Crippen LogP contribution < -0.4 is 20.3 Å². The Bertz CT molecular complexity index is 1080. The van der Waals surface area contributed by atoms with Crippen molar-refractivity contribution in [1.29, 1.82) is 0 Å². The number of methoxy groups -OCH3 is 1. The molecule has 1 aliphatic rings. The SMILES string of the molecule is COc1ccc(CCNC(=O)C2(C)CNCCN2c2ccnc(-n3ccnc3)n2)cc1Cl. The fourth-order valence-electron chi connectivity index (χ4n) is 3.80. The van der Waals surface area contributed by atoms with Gasteiger partial charge in [0.1, 0.15) is 23.4 Å². The molecule has 1 atom stereocenters. The van der Waals surface area contributed by atoms with Gasteiger partial charge in [0.15, 0.2) is 0 Å². The fraction of sp³-hybridized carbons (Fsp3) is 0.364. The standard InChI is InChI=1S/C22H26ClN7O2/c1-22(20(31)26-7-5-16-3-4-18(32-2)17(23)13-16)14-24-10-12-30(22)19-6-8-27-21(28-19)29-11-9-25-15-29/h3-4,6,8-9,11,13,15,24H,5,7,10,12,14H2,1-2H3,(H,26,31). The number of hydrogen-bond donors (Lipinski definition) is 2. The number of piperazine rings is 1. The number of anilines is 1. The number of nitrogens with zero attached hydrogens (tertiary/aromatic N) is 5. The van der Waals surface area contributed by atoms with Gasteiger partial charge in [-0.3, -0.25) is 9.36 Å². The minimum absolute atomic E-state index is 0.0629. The molecule has 1 unspecified atom stereocenters. The number of carbonyl (C=O) groups excluding carboxylic acids is 1. The molecule has 0 radical (unpaired) electrons. The summed E-state index contributed by atoms with van der Waals surface area (Å²) in [6.45, 7) is 4.35. The van der Waals surface area contributed by atoms with Gasteiger partial charge < -0.3 is 20.3 Å². The molecule has 0 bridgehead atoms. The first-order chi connectivity index (χ1) is 15.5. The van der Waals surface area contributed by atoms with Crippen LogP contribution in [0.3, 0.4) is 0 Å². The number of imidazole rings is 1. The maximum Gasteiger partial charge on any atom is 0.246 e. The zero-order chi connectivity index (χ0) is 22.6. The third-order valence-electron chi connectivity index (χ3n) is 5.62. The molecule has 2 aromatic heterocycles. The van der Waals surface area contributed by atoms with Gasteiger partial charge in [-0.1, -0.05) is 17.7 Å². The van der Waals surface area contributed by atoms with Crippen molar-refractivity contribution in [3.8, 4) is 11.7 Å². The number of nitrogens with one attached hydrogen (secondary N) is 2. The van der Waals surface area contributed by atoms with Crippen LogP contribution in [-0.4, -0.2) is 64.3 Å². The summed E-state index contributed by atoms with van der Waals surface area (Å²) >= 11 is 6.21. The topological polar surface area (TPSA) is 97.2 Å². The Morgan fingerprint density at radius 2 is 2.22 bits per heavy atom. The van der Waals surface area contributed by atoms with Crippen LogP contribution in [0.1, 0.15) is 12.5 Å². The molecule has 168 valence electrons. The van der Waals surface area contributed by atoms with Crippen LogP contribution in [0.2, 0.25) is 5.02 Å². The first kappa shape index (κ1) is 22.0. The molecule has 4 rings (SSSR count). The number of hydrogen-bond acceptors (Lipinski definition) is 7. The van der Waals surface area contributed by atoms with Gasteiger partial charge >= 0.3 is 0 Å². The molecule has 3 aromatic rings. The first-order valence-corrected chi connectivity index (χ1v) is 10.8. The predicted molar refractivity (Wildman–Crippen MR) is 122 cm³/mol. The van der Waals surface area contributed by atoms with Crippen molar-refractivity contribution in [2.24, 2.45) is 0 Å². The molecule has 9 nitrogen and oxygen atoms in total. The van der Waals surface area contributed by atoms with Crippen molar-refractivity contribution in [3.05, 3.63) is 59.8 Å². The van der Waals surface area contributed by atoms with Gasteiger partial charge in [0.25, 0.3) is 0 Å². The zero-order valence-electron chi connectivity index (χ0n) is 18.1. The van der Waals surface area contributed by atoms with Gasteiger partial charge in [0.05, 0.1) is 12.1 Å². The number of benzene rings is 1. The second kappa shape index (κ2) is 9.54. The Hall–Kier alpha value is -3.17. The number of rotatable bonds is 7. The van der Waals surface area contributed by atoms with E-state index >= 15 is 0 Å². The van der Waals surface area contributed by atoms with Gasteiger partial charge in [0.2, 0.25) is 11.9 Å². The van der Waals surface area contributed by atoms with Crippen LogP contribution in [0, 0.1) is 0 Å². The Kier molecular flexibility index (Phi) is 6.57. The highest BCUT2D eigenvalue weighted by Gasteiger charge is 2.42. The van der Waals surface area contributed by atoms with E-state index in [1.807, 2.05) is 36.1 Å². The fourth-order valence-corrected chi connectivity index (χ4v) is 4.08. The molecule has 3 heterocycles. The van der Waals surface area contributed by atoms with E-state index in [0.29, 0.717) is 48.6 Å². The van der Waals surface area contributed by atoms with Gasteiger partial charge in [-0.15, -0.1) is 0 Å². The number of carbonyl (C=O) groups is 1. The third kappa shape index (κ3) is 4.53. The lowest BCUT2D eigenvalue weighted by atomic mass is 9.95. The molecule has 1 fully saturated rings. The summed E-state index contributed by atoms with van der Waals surface area (Å²) in [6.07, 6.45) is 7.47. The van der Waals surface area contributed by atoms with Crippen molar-refractivity contribution in [2.75, 3.05) is 38.2 Å². The number of amides is 1. The van der Waals surface area contributed by atoms with E-state index in [4.69, 9.17) is 16.3 Å². The van der Waals surface area contributed by atoms with E-state index in [9.17, 15) is 4.79 Å². The summed E-state index contributed by atoms with van der Waals surface area (Å²) in [4.78, 5) is 28.4. The largest absolute Gasteiger partial charge is 0.495 e. The molecule has 1 aliphatic heterocycles. The van der Waals surface area contributed by atoms with E-state index in [0.717, 1.165) is 12.1 Å². The maximum absolute atomic E-state index is 13.3. The second-order valence-electron chi connectivity index (χ2n) is 7.76. The van der Waals surface area contributed by atoms with Crippen molar-refractivity contribution in [2.45, 2.75) is 18.9 Å². The van der Waals surface area contributed by atoms with Crippen molar-refractivity contribution in [3.63, 3.8) is 0 Å². The minimum Gasteiger partial charge on any atom is -0.495 e. The molecular formula is C22H26ClN7O2. The van der Waals surface area contributed by atoms with Crippen LogP contribution in [0.25, 0.3) is 5.95 Å². The van der Waals surface area contributed by atoms with E-state index in [1.165, 1.54) is 0 Å². The zero-order valence-corrected chi connectivity index (χ0v) is 18.8. The van der Waals surface area contributed by atoms with Crippen LogP contribution in [0.5, 0.6) is 5.75 Å². The summed E-state index contributed by atoms with van der Waals surface area (Å²) in [5.74, 6) is 1.78. The number of halogens is 1. The molecule has 10 heteroatoms. The van der Waals surface area contributed by atoms with E-state index < -0.39 is 5.54 Å². The van der Waals surface area contributed by atoms with E-state index in [-0.39, 0.29) is 5.91 Å².